The molecule has 2 heterocycles. The van der Waals surface area contributed by atoms with Gasteiger partial charge in [-0.25, -0.2) is 9.78 Å². The molecule has 0 saturated carbocycles. The number of hydrogen-bond donors (Lipinski definition) is 0. The summed E-state index contributed by atoms with van der Waals surface area (Å²) in [5, 5.41) is 3.29. The molecule has 4 rings (SSSR count). The molecule has 0 spiro atoms. The highest BCUT2D eigenvalue weighted by Gasteiger charge is 2.12. The molecule has 0 saturated heterocycles. The predicted octanol–water partition coefficient (Wildman–Crippen LogP) is 4.95. The molecule has 2 aromatic carbocycles. The number of benzene rings is 2. The Balaban J connectivity index is 1.35. The van der Waals surface area contributed by atoms with Gasteiger partial charge in [0.1, 0.15) is 11.6 Å². The molecular weight excluding hydrogens is 386 g/mol. The smallest absolute Gasteiger partial charge is 0.331 e. The number of carbonyl (C=O) groups is 1. The maximum absolute atomic E-state index is 11.9. The Hall–Kier alpha value is -2.83. The minimum atomic E-state index is -0.444. The number of thiazole rings is 1. The van der Waals surface area contributed by atoms with Gasteiger partial charge in [0, 0.05) is 17.0 Å². The van der Waals surface area contributed by atoms with E-state index in [-0.39, 0.29) is 13.4 Å². The molecule has 0 bridgehead atoms. The van der Waals surface area contributed by atoms with E-state index in [1.165, 1.54) is 17.4 Å². The summed E-state index contributed by atoms with van der Waals surface area (Å²) in [6, 6.07) is 13.0. The fraction of sp³-hybridized carbons (Fsp3) is 0.100. The van der Waals surface area contributed by atoms with Crippen molar-refractivity contribution < 1.29 is 19.0 Å². The number of rotatable bonds is 5. The first-order valence-electron chi connectivity index (χ1n) is 8.13. The topological polar surface area (TPSA) is 57.7 Å². The van der Waals surface area contributed by atoms with Crippen LogP contribution >= 0.6 is 22.9 Å². The molecule has 0 radical (unpaired) electrons. The van der Waals surface area contributed by atoms with Crippen molar-refractivity contribution in [3.63, 3.8) is 0 Å². The number of halogens is 1. The molecule has 1 aromatic heterocycles. The molecule has 3 aromatic rings. The Bertz CT molecular complexity index is 1010. The molecule has 0 fully saturated rings. The van der Waals surface area contributed by atoms with Crippen LogP contribution in [0.5, 0.6) is 11.5 Å². The van der Waals surface area contributed by atoms with Crippen LogP contribution in [0, 0.1) is 0 Å². The third kappa shape index (κ3) is 4.13. The summed E-state index contributed by atoms with van der Waals surface area (Å²) in [5.74, 6) is 0.924. The van der Waals surface area contributed by atoms with E-state index in [2.05, 4.69) is 4.98 Å². The van der Waals surface area contributed by atoms with E-state index in [1.807, 2.05) is 41.8 Å². The number of fused-ring (bicyclic) bond motifs is 1. The van der Waals surface area contributed by atoms with Gasteiger partial charge < -0.3 is 14.2 Å². The van der Waals surface area contributed by atoms with Gasteiger partial charge in [0.05, 0.1) is 10.7 Å². The maximum Gasteiger partial charge on any atom is 0.331 e. The molecule has 0 aliphatic carbocycles. The van der Waals surface area contributed by atoms with Crippen molar-refractivity contribution in [2.75, 3.05) is 6.79 Å². The highest BCUT2D eigenvalue weighted by atomic mass is 35.5. The molecule has 0 amide bonds. The number of nitrogens with zero attached hydrogens (tertiary/aromatic N) is 1. The highest BCUT2D eigenvalue weighted by molar-refractivity contribution is 7.13. The van der Waals surface area contributed by atoms with Crippen LogP contribution in [-0.2, 0) is 16.1 Å². The fourth-order valence-corrected chi connectivity index (χ4v) is 3.63. The van der Waals surface area contributed by atoms with Crippen molar-refractivity contribution in [2.45, 2.75) is 6.61 Å². The number of ether oxygens (including phenoxy) is 3. The summed E-state index contributed by atoms with van der Waals surface area (Å²) < 4.78 is 15.8. The van der Waals surface area contributed by atoms with Crippen LogP contribution in [-0.4, -0.2) is 17.7 Å². The second-order valence-electron chi connectivity index (χ2n) is 5.68. The Morgan fingerprint density at radius 2 is 2.07 bits per heavy atom. The van der Waals surface area contributed by atoms with Gasteiger partial charge in [-0.1, -0.05) is 35.9 Å². The van der Waals surface area contributed by atoms with E-state index < -0.39 is 5.97 Å². The molecule has 7 heteroatoms. The molecule has 0 N–H and O–H groups in total. The van der Waals surface area contributed by atoms with E-state index in [4.69, 9.17) is 25.8 Å². The summed E-state index contributed by atoms with van der Waals surface area (Å²) in [4.78, 5) is 16.4. The van der Waals surface area contributed by atoms with E-state index >= 15 is 0 Å². The lowest BCUT2D eigenvalue weighted by Gasteiger charge is -2.00. The van der Waals surface area contributed by atoms with Crippen LogP contribution in [0.1, 0.15) is 11.3 Å². The van der Waals surface area contributed by atoms with Crippen LogP contribution in [0.3, 0.4) is 0 Å². The fourth-order valence-electron chi connectivity index (χ4n) is 2.51. The lowest BCUT2D eigenvalue weighted by Crippen LogP contribution is -2.01. The Morgan fingerprint density at radius 3 is 2.96 bits per heavy atom. The Kier molecular flexibility index (Phi) is 5.09. The van der Waals surface area contributed by atoms with E-state index in [0.717, 1.165) is 16.1 Å². The van der Waals surface area contributed by atoms with Crippen molar-refractivity contribution in [1.82, 2.24) is 4.98 Å². The molecular formula is C20H14ClNO4S. The SMILES string of the molecule is O=C(/C=C/c1ccc2c(c1)OCO2)OCc1csc(-c2ccccc2Cl)n1. The minimum absolute atomic E-state index is 0.102. The summed E-state index contributed by atoms with van der Waals surface area (Å²) in [6.45, 7) is 0.319. The third-order valence-electron chi connectivity index (χ3n) is 3.83. The van der Waals surface area contributed by atoms with E-state index in [1.54, 1.807) is 12.1 Å². The Morgan fingerprint density at radius 1 is 1.22 bits per heavy atom. The van der Waals surface area contributed by atoms with Crippen molar-refractivity contribution in [3.05, 3.63) is 70.2 Å². The zero-order valence-electron chi connectivity index (χ0n) is 14.1. The van der Waals surface area contributed by atoms with Gasteiger partial charge in [-0.3, -0.25) is 0 Å². The lowest BCUT2D eigenvalue weighted by molar-refractivity contribution is -0.139. The van der Waals surface area contributed by atoms with Gasteiger partial charge >= 0.3 is 5.97 Å². The average molecular weight is 400 g/mol. The van der Waals surface area contributed by atoms with Gasteiger partial charge in [0.2, 0.25) is 6.79 Å². The van der Waals surface area contributed by atoms with Crippen LogP contribution in [0.2, 0.25) is 5.02 Å². The van der Waals surface area contributed by atoms with Crippen molar-refractivity contribution >= 4 is 35.0 Å². The summed E-state index contributed by atoms with van der Waals surface area (Å²) in [7, 11) is 0. The van der Waals surface area contributed by atoms with Gasteiger partial charge in [-0.2, -0.15) is 0 Å². The minimum Gasteiger partial charge on any atom is -0.456 e. The summed E-state index contributed by atoms with van der Waals surface area (Å²) >= 11 is 7.65. The van der Waals surface area contributed by atoms with Gasteiger partial charge in [0.25, 0.3) is 0 Å². The van der Waals surface area contributed by atoms with E-state index in [0.29, 0.717) is 22.2 Å². The first kappa shape index (κ1) is 17.6. The van der Waals surface area contributed by atoms with E-state index in [9.17, 15) is 4.79 Å². The normalized spacial score (nSPS) is 12.5. The highest BCUT2D eigenvalue weighted by Crippen LogP contribution is 2.33. The summed E-state index contributed by atoms with van der Waals surface area (Å²) in [6.07, 6.45) is 3.04. The zero-order valence-corrected chi connectivity index (χ0v) is 15.6. The van der Waals surface area contributed by atoms with Gasteiger partial charge in [0.15, 0.2) is 11.5 Å². The molecule has 0 unspecified atom stereocenters. The van der Waals surface area contributed by atoms with Gasteiger partial charge in [-0.05, 0) is 29.8 Å². The predicted molar refractivity (Wildman–Crippen MR) is 104 cm³/mol. The standard InChI is InChI=1S/C20H14ClNO4S/c21-16-4-2-1-3-15(16)20-22-14(11-27-20)10-24-19(23)8-6-13-5-7-17-18(9-13)26-12-25-17/h1-9,11H,10,12H2/b8-6+. The number of carbonyl (C=O) groups excluding carboxylic acids is 1. The largest absolute Gasteiger partial charge is 0.456 e. The summed E-state index contributed by atoms with van der Waals surface area (Å²) in [5.41, 5.74) is 2.37. The third-order valence-corrected chi connectivity index (χ3v) is 5.08. The first-order valence-corrected chi connectivity index (χ1v) is 9.38. The molecule has 5 nitrogen and oxygen atoms in total. The van der Waals surface area contributed by atoms with Crippen molar-refractivity contribution in [2.24, 2.45) is 0 Å². The monoisotopic (exact) mass is 399 g/mol. The molecule has 1 aliphatic heterocycles. The lowest BCUT2D eigenvalue weighted by atomic mass is 10.2. The average Bonchev–Trinajstić information content (AvgIpc) is 3.34. The zero-order chi connectivity index (χ0) is 18.6. The molecule has 27 heavy (non-hydrogen) atoms. The van der Waals surface area contributed by atoms with Crippen molar-refractivity contribution in [3.8, 4) is 22.1 Å². The van der Waals surface area contributed by atoms with Crippen molar-refractivity contribution in [1.29, 1.82) is 0 Å². The quantitative estimate of drug-likeness (QED) is 0.449. The first-order chi connectivity index (χ1) is 13.2. The molecule has 0 atom stereocenters. The maximum atomic E-state index is 11.9. The number of hydrogen-bond acceptors (Lipinski definition) is 6. The molecule has 136 valence electrons. The van der Waals surface area contributed by atoms with Crippen LogP contribution in [0.25, 0.3) is 16.6 Å². The Labute approximate surface area is 164 Å². The second-order valence-corrected chi connectivity index (χ2v) is 6.94. The van der Waals surface area contributed by atoms with Crippen LogP contribution in [0.4, 0.5) is 0 Å². The molecule has 1 aliphatic rings. The van der Waals surface area contributed by atoms with Gasteiger partial charge in [-0.15, -0.1) is 11.3 Å². The number of aromatic nitrogens is 1. The number of esters is 1. The van der Waals surface area contributed by atoms with Crippen LogP contribution in [0.15, 0.2) is 53.9 Å². The second kappa shape index (κ2) is 7.82. The van der Waals surface area contributed by atoms with Crippen LogP contribution < -0.4 is 9.47 Å².